The van der Waals surface area contributed by atoms with E-state index in [0.29, 0.717) is 0 Å². The van der Waals surface area contributed by atoms with Crippen LogP contribution in [0, 0.1) is 0 Å². The van der Waals surface area contributed by atoms with Crippen LogP contribution in [0.5, 0.6) is 0 Å². The third-order valence-electron chi connectivity index (χ3n) is 1.84. The van der Waals surface area contributed by atoms with Crippen LogP contribution in [0.2, 0.25) is 0 Å². The standard InChI is InChI=1S/C7H5BN2O4/c11-6-7(12)10(6)5-2-1-4(3-9-5)8(13)14/h1-3,13-14H. The van der Waals surface area contributed by atoms with Gasteiger partial charge >= 0.3 is 18.2 Å². The van der Waals surface area contributed by atoms with E-state index in [1.807, 2.05) is 0 Å². The average Bonchev–Trinajstić information content (AvgIpc) is 2.75. The van der Waals surface area contributed by atoms with Gasteiger partial charge in [0.05, 0.1) is 0 Å². The van der Waals surface area contributed by atoms with Gasteiger partial charge in [-0.2, -0.15) is 0 Å². The molecule has 0 spiro atoms. The van der Waals surface area contributed by atoms with Crippen molar-refractivity contribution in [3.05, 3.63) is 39.0 Å². The van der Waals surface area contributed by atoms with Crippen molar-refractivity contribution in [1.82, 2.24) is 9.55 Å². The van der Waals surface area contributed by atoms with Crippen molar-refractivity contribution in [1.29, 1.82) is 0 Å². The van der Waals surface area contributed by atoms with Gasteiger partial charge in [0.1, 0.15) is 5.82 Å². The summed E-state index contributed by atoms with van der Waals surface area (Å²) in [5, 5.41) is 17.5. The highest BCUT2D eigenvalue weighted by Crippen LogP contribution is 1.95. The molecule has 2 aromatic rings. The molecule has 0 aliphatic heterocycles. The molecule has 70 valence electrons. The minimum Gasteiger partial charge on any atom is -0.423 e. The van der Waals surface area contributed by atoms with Crippen molar-refractivity contribution in [3.8, 4) is 5.82 Å². The first kappa shape index (κ1) is 8.85. The van der Waals surface area contributed by atoms with E-state index in [1.165, 1.54) is 18.3 Å². The predicted octanol–water partition coefficient (Wildman–Crippen LogP) is -2.85. The molecular weight excluding hydrogens is 187 g/mol. The topological polar surface area (TPSA) is 92.4 Å². The van der Waals surface area contributed by atoms with Gasteiger partial charge in [0.2, 0.25) is 0 Å². The minimum absolute atomic E-state index is 0.199. The summed E-state index contributed by atoms with van der Waals surface area (Å²) in [6.45, 7) is 0. The smallest absolute Gasteiger partial charge is 0.423 e. The lowest BCUT2D eigenvalue weighted by Gasteiger charge is -1.98. The highest BCUT2D eigenvalue weighted by atomic mass is 16.4. The van der Waals surface area contributed by atoms with Crippen LogP contribution in [0.3, 0.4) is 0 Å². The molecular formula is C7H5BN2O4. The number of hydrogen-bond acceptors (Lipinski definition) is 5. The first-order valence-electron chi connectivity index (χ1n) is 3.82. The van der Waals surface area contributed by atoms with E-state index < -0.39 is 18.2 Å². The van der Waals surface area contributed by atoms with Gasteiger partial charge in [-0.15, -0.1) is 0 Å². The highest BCUT2D eigenvalue weighted by Gasteiger charge is 2.19. The Hall–Kier alpha value is -1.73. The third kappa shape index (κ3) is 1.28. The third-order valence-corrected chi connectivity index (χ3v) is 1.84. The summed E-state index contributed by atoms with van der Waals surface area (Å²) in [7, 11) is -1.60. The molecule has 7 heteroatoms. The van der Waals surface area contributed by atoms with Crippen molar-refractivity contribution >= 4 is 12.6 Å². The molecule has 2 aromatic heterocycles. The fraction of sp³-hybridized carbons (Fsp3) is 0. The van der Waals surface area contributed by atoms with Crippen LogP contribution in [0.15, 0.2) is 27.9 Å². The molecule has 0 aromatic carbocycles. The van der Waals surface area contributed by atoms with Crippen LogP contribution in [-0.2, 0) is 0 Å². The second-order valence-corrected chi connectivity index (χ2v) is 2.77. The minimum atomic E-state index is -1.60. The maximum absolute atomic E-state index is 10.7. The van der Waals surface area contributed by atoms with Crippen LogP contribution in [0.4, 0.5) is 0 Å². The van der Waals surface area contributed by atoms with Crippen molar-refractivity contribution in [3.63, 3.8) is 0 Å². The number of hydrogen-bond donors (Lipinski definition) is 2. The Labute approximate surface area is 77.9 Å². The Morgan fingerprint density at radius 1 is 1.21 bits per heavy atom. The van der Waals surface area contributed by atoms with Crippen LogP contribution < -0.4 is 16.6 Å². The fourth-order valence-electron chi connectivity index (χ4n) is 1.03. The monoisotopic (exact) mass is 192 g/mol. The lowest BCUT2D eigenvalue weighted by molar-refractivity contribution is 0.425. The molecule has 2 rings (SSSR count). The molecule has 6 nitrogen and oxygen atoms in total. The van der Waals surface area contributed by atoms with E-state index in [4.69, 9.17) is 10.0 Å². The molecule has 14 heavy (non-hydrogen) atoms. The quantitative estimate of drug-likeness (QED) is 0.394. The largest absolute Gasteiger partial charge is 0.490 e. The normalized spacial score (nSPS) is 10.7. The van der Waals surface area contributed by atoms with E-state index in [-0.39, 0.29) is 11.3 Å². The Bertz CT molecular complexity index is 498. The molecule has 2 heterocycles. The van der Waals surface area contributed by atoms with Crippen LogP contribution in [0.1, 0.15) is 0 Å². The summed E-state index contributed by atoms with van der Waals surface area (Å²) in [6.07, 6.45) is 1.19. The van der Waals surface area contributed by atoms with E-state index >= 15 is 0 Å². The Morgan fingerprint density at radius 3 is 2.21 bits per heavy atom. The second-order valence-electron chi connectivity index (χ2n) is 2.77. The lowest BCUT2D eigenvalue weighted by atomic mass is 9.82. The van der Waals surface area contributed by atoms with E-state index in [2.05, 4.69) is 4.98 Å². The maximum atomic E-state index is 10.7. The molecule has 0 saturated heterocycles. The molecule has 0 amide bonds. The van der Waals surface area contributed by atoms with Crippen molar-refractivity contribution < 1.29 is 10.0 Å². The molecule has 2 N–H and O–H groups in total. The molecule has 0 fully saturated rings. The highest BCUT2D eigenvalue weighted by molar-refractivity contribution is 6.58. The van der Waals surface area contributed by atoms with Crippen LogP contribution in [-0.4, -0.2) is 26.7 Å². The first-order chi connectivity index (χ1) is 6.61. The number of rotatable bonds is 2. The summed E-state index contributed by atoms with van der Waals surface area (Å²) < 4.78 is 0.896. The molecule has 0 bridgehead atoms. The summed E-state index contributed by atoms with van der Waals surface area (Å²) in [4.78, 5) is 25.1. The van der Waals surface area contributed by atoms with Gasteiger partial charge in [0, 0.05) is 11.7 Å². The first-order valence-corrected chi connectivity index (χ1v) is 3.82. The molecule has 0 saturated carbocycles. The molecule has 0 unspecified atom stereocenters. The number of nitrogens with zero attached hydrogens (tertiary/aromatic N) is 2. The zero-order valence-corrected chi connectivity index (χ0v) is 6.91. The zero-order valence-electron chi connectivity index (χ0n) is 6.91. The van der Waals surface area contributed by atoms with Crippen molar-refractivity contribution in [2.45, 2.75) is 0 Å². The Balaban J connectivity index is 2.37. The number of aromatic nitrogens is 2. The van der Waals surface area contributed by atoms with Gasteiger partial charge < -0.3 is 10.0 Å². The van der Waals surface area contributed by atoms with E-state index in [0.717, 1.165) is 4.57 Å². The average molecular weight is 192 g/mol. The summed E-state index contributed by atoms with van der Waals surface area (Å²) in [6, 6.07) is 2.75. The van der Waals surface area contributed by atoms with Crippen molar-refractivity contribution in [2.75, 3.05) is 0 Å². The Morgan fingerprint density at radius 2 is 1.86 bits per heavy atom. The van der Waals surface area contributed by atoms with E-state index in [1.54, 1.807) is 0 Å². The molecule has 0 aliphatic rings. The molecule has 0 aliphatic carbocycles. The van der Waals surface area contributed by atoms with Crippen LogP contribution in [0.25, 0.3) is 5.82 Å². The van der Waals surface area contributed by atoms with Gasteiger partial charge in [0.25, 0.3) is 0 Å². The predicted molar refractivity (Wildman–Crippen MR) is 48.3 cm³/mol. The molecule has 0 atom stereocenters. The summed E-state index contributed by atoms with van der Waals surface area (Å²) >= 11 is 0. The second kappa shape index (κ2) is 2.90. The SMILES string of the molecule is O=c1c(=O)n1-c1ccc(B(O)O)cn1. The lowest BCUT2D eigenvalue weighted by Crippen LogP contribution is -2.30. The Kier molecular flexibility index (Phi) is 1.83. The summed E-state index contributed by atoms with van der Waals surface area (Å²) in [5.74, 6) is 0.199. The van der Waals surface area contributed by atoms with Gasteiger partial charge in [-0.25, -0.2) is 9.55 Å². The zero-order chi connectivity index (χ0) is 10.3. The van der Waals surface area contributed by atoms with Gasteiger partial charge in [-0.05, 0) is 6.07 Å². The molecule has 0 radical (unpaired) electrons. The maximum Gasteiger partial charge on any atom is 0.490 e. The fourth-order valence-corrected chi connectivity index (χ4v) is 1.03. The van der Waals surface area contributed by atoms with E-state index in [9.17, 15) is 9.59 Å². The summed E-state index contributed by atoms with van der Waals surface area (Å²) in [5.41, 5.74) is -1.000. The number of pyridine rings is 1. The van der Waals surface area contributed by atoms with Crippen LogP contribution >= 0.6 is 0 Å². The van der Waals surface area contributed by atoms with Gasteiger partial charge in [-0.3, -0.25) is 9.59 Å². The van der Waals surface area contributed by atoms with Gasteiger partial charge in [0.15, 0.2) is 0 Å². The van der Waals surface area contributed by atoms with Gasteiger partial charge in [-0.1, -0.05) is 6.07 Å². The van der Waals surface area contributed by atoms with Crippen molar-refractivity contribution in [2.24, 2.45) is 0 Å².